The maximum absolute atomic E-state index is 12.6. The highest BCUT2D eigenvalue weighted by Gasteiger charge is 2.36. The first-order valence-electron chi connectivity index (χ1n) is 9.08. The van der Waals surface area contributed by atoms with Gasteiger partial charge in [-0.15, -0.1) is 0 Å². The van der Waals surface area contributed by atoms with Crippen LogP contribution in [0.1, 0.15) is 25.0 Å². The van der Waals surface area contributed by atoms with Crippen LogP contribution in [0.3, 0.4) is 0 Å². The Labute approximate surface area is 147 Å². The van der Waals surface area contributed by atoms with Crippen LogP contribution in [-0.4, -0.2) is 52.7 Å². The smallest absolute Gasteiger partial charge is 0.228 e. The third-order valence-electron chi connectivity index (χ3n) is 5.53. The molecule has 2 aromatic rings. The Morgan fingerprint density at radius 1 is 1.48 bits per heavy atom. The van der Waals surface area contributed by atoms with Crippen LogP contribution in [0.5, 0.6) is 0 Å². The van der Waals surface area contributed by atoms with Crippen LogP contribution in [0.2, 0.25) is 0 Å². The van der Waals surface area contributed by atoms with E-state index in [1.54, 1.807) is 0 Å². The lowest BCUT2D eigenvalue weighted by Crippen LogP contribution is -2.49. The number of amides is 1. The van der Waals surface area contributed by atoms with E-state index in [4.69, 9.17) is 0 Å². The van der Waals surface area contributed by atoms with Crippen molar-refractivity contribution in [2.24, 2.45) is 5.92 Å². The van der Waals surface area contributed by atoms with Gasteiger partial charge in [-0.3, -0.25) is 9.69 Å². The number of benzene rings is 1. The summed E-state index contributed by atoms with van der Waals surface area (Å²) in [6.07, 6.45) is 5.26. The maximum Gasteiger partial charge on any atom is 0.228 e. The highest BCUT2D eigenvalue weighted by atomic mass is 16.3. The van der Waals surface area contributed by atoms with Gasteiger partial charge in [0.25, 0.3) is 0 Å². The van der Waals surface area contributed by atoms with Gasteiger partial charge < -0.3 is 15.4 Å². The summed E-state index contributed by atoms with van der Waals surface area (Å²) in [5, 5.41) is 13.4. The maximum atomic E-state index is 12.6. The first-order chi connectivity index (χ1) is 12.1. The summed E-state index contributed by atoms with van der Waals surface area (Å²) in [4.78, 5) is 18.4. The molecule has 4 rings (SSSR count). The molecule has 25 heavy (non-hydrogen) atoms. The van der Waals surface area contributed by atoms with Crippen LogP contribution in [0.25, 0.3) is 16.5 Å². The van der Waals surface area contributed by atoms with Crippen LogP contribution >= 0.6 is 0 Å². The predicted octanol–water partition coefficient (Wildman–Crippen LogP) is 1.92. The molecule has 3 N–H and O–H groups in total. The SMILES string of the molecule is CCN1C[C@H](C(=O)N[C@@H](C)CO)C=C2c3cccc4[nH]cc(c34)C[C@H]21. The monoisotopic (exact) mass is 339 g/mol. The van der Waals surface area contributed by atoms with Gasteiger partial charge in [0.05, 0.1) is 12.5 Å². The molecule has 0 saturated heterocycles. The Morgan fingerprint density at radius 2 is 2.32 bits per heavy atom. The fourth-order valence-electron chi connectivity index (χ4n) is 4.23. The van der Waals surface area contributed by atoms with Crippen molar-refractivity contribution in [3.8, 4) is 0 Å². The molecule has 0 radical (unpaired) electrons. The molecule has 1 amide bonds. The Hall–Kier alpha value is -2.11. The number of rotatable bonds is 4. The van der Waals surface area contributed by atoms with E-state index in [0.717, 1.165) is 25.0 Å². The van der Waals surface area contributed by atoms with Crippen molar-refractivity contribution in [1.29, 1.82) is 0 Å². The molecule has 0 unspecified atom stereocenters. The highest BCUT2D eigenvalue weighted by Crippen LogP contribution is 2.41. The number of hydrogen-bond donors (Lipinski definition) is 3. The van der Waals surface area contributed by atoms with E-state index in [0.29, 0.717) is 6.04 Å². The zero-order valence-corrected chi connectivity index (χ0v) is 14.7. The second-order valence-electron chi connectivity index (χ2n) is 7.17. The predicted molar refractivity (Wildman–Crippen MR) is 99.2 cm³/mol. The van der Waals surface area contributed by atoms with E-state index in [2.05, 4.69) is 52.6 Å². The lowest BCUT2D eigenvalue weighted by atomic mass is 9.79. The zero-order chi connectivity index (χ0) is 17.6. The van der Waals surface area contributed by atoms with Gasteiger partial charge in [0.1, 0.15) is 0 Å². The van der Waals surface area contributed by atoms with Crippen molar-refractivity contribution in [1.82, 2.24) is 15.2 Å². The van der Waals surface area contributed by atoms with Gasteiger partial charge in [-0.1, -0.05) is 25.1 Å². The molecule has 132 valence electrons. The molecular weight excluding hydrogens is 314 g/mol. The fourth-order valence-corrected chi connectivity index (χ4v) is 4.23. The summed E-state index contributed by atoms with van der Waals surface area (Å²) in [6, 6.07) is 6.47. The van der Waals surface area contributed by atoms with Crippen molar-refractivity contribution in [3.05, 3.63) is 41.6 Å². The van der Waals surface area contributed by atoms with E-state index in [1.807, 2.05) is 6.92 Å². The average molecular weight is 339 g/mol. The van der Waals surface area contributed by atoms with Gasteiger partial charge in [0.15, 0.2) is 0 Å². The Kier molecular flexibility index (Phi) is 4.13. The summed E-state index contributed by atoms with van der Waals surface area (Å²) in [5.41, 5.74) is 5.04. The molecule has 5 nitrogen and oxygen atoms in total. The Balaban J connectivity index is 1.76. The molecule has 1 aliphatic heterocycles. The molecule has 0 bridgehead atoms. The number of aliphatic hydroxyl groups is 1. The van der Waals surface area contributed by atoms with Crippen molar-refractivity contribution in [2.45, 2.75) is 32.4 Å². The molecule has 0 saturated carbocycles. The molecular formula is C20H25N3O2. The highest BCUT2D eigenvalue weighted by molar-refractivity contribution is 5.99. The molecule has 1 aliphatic carbocycles. The standard InChI is InChI=1S/C20H25N3O2/c1-3-23-10-14(20(25)22-12(2)11-24)7-16-15-5-4-6-17-19(15)13(9-21-17)8-18(16)23/h4-7,9,12,14,18,21,24H,3,8,10-11H2,1-2H3,(H,22,25)/t12-,14+,18+/m0/s1. The molecule has 0 fully saturated rings. The molecule has 2 aliphatic rings. The number of aliphatic hydroxyl groups excluding tert-OH is 1. The lowest BCUT2D eigenvalue weighted by molar-refractivity contribution is -0.125. The molecule has 1 aromatic heterocycles. The molecule has 3 atom stereocenters. The zero-order valence-electron chi connectivity index (χ0n) is 14.7. The van der Waals surface area contributed by atoms with E-state index in [9.17, 15) is 9.90 Å². The quantitative estimate of drug-likeness (QED) is 0.797. The Morgan fingerprint density at radius 3 is 3.08 bits per heavy atom. The topological polar surface area (TPSA) is 68.4 Å². The van der Waals surface area contributed by atoms with Crippen molar-refractivity contribution >= 4 is 22.4 Å². The normalized spacial score (nSPS) is 23.9. The van der Waals surface area contributed by atoms with Crippen LogP contribution in [0.15, 0.2) is 30.5 Å². The van der Waals surface area contributed by atoms with Crippen LogP contribution in [0.4, 0.5) is 0 Å². The Bertz CT molecular complexity index is 839. The summed E-state index contributed by atoms with van der Waals surface area (Å²) >= 11 is 0. The van der Waals surface area contributed by atoms with Gasteiger partial charge >= 0.3 is 0 Å². The van der Waals surface area contributed by atoms with Crippen molar-refractivity contribution in [2.75, 3.05) is 19.7 Å². The number of carbonyl (C=O) groups excluding carboxylic acids is 1. The number of aromatic nitrogens is 1. The van der Waals surface area contributed by atoms with Gasteiger partial charge in [0, 0.05) is 35.7 Å². The number of likely N-dealkylation sites (N-methyl/N-ethyl adjacent to an activating group) is 1. The number of fused-ring (bicyclic) bond motifs is 2. The lowest BCUT2D eigenvalue weighted by Gasteiger charge is -2.41. The number of nitrogens with one attached hydrogen (secondary N) is 2. The first-order valence-corrected chi connectivity index (χ1v) is 9.08. The average Bonchev–Trinajstić information content (AvgIpc) is 3.05. The minimum Gasteiger partial charge on any atom is -0.394 e. The number of aromatic amines is 1. The first kappa shape index (κ1) is 16.4. The third-order valence-corrected chi connectivity index (χ3v) is 5.53. The minimum atomic E-state index is -0.218. The van der Waals surface area contributed by atoms with Gasteiger partial charge in [0.2, 0.25) is 5.91 Å². The van der Waals surface area contributed by atoms with E-state index in [-0.39, 0.29) is 24.5 Å². The van der Waals surface area contributed by atoms with E-state index >= 15 is 0 Å². The van der Waals surface area contributed by atoms with Crippen molar-refractivity contribution < 1.29 is 9.90 Å². The largest absolute Gasteiger partial charge is 0.394 e. The number of carbonyl (C=O) groups is 1. The summed E-state index contributed by atoms with van der Waals surface area (Å²) in [7, 11) is 0. The molecule has 1 aromatic carbocycles. The molecule has 2 heterocycles. The van der Waals surface area contributed by atoms with Crippen LogP contribution in [-0.2, 0) is 11.2 Å². The number of nitrogens with zero attached hydrogens (tertiary/aromatic N) is 1. The van der Waals surface area contributed by atoms with Gasteiger partial charge in [-0.2, -0.15) is 0 Å². The summed E-state index contributed by atoms with van der Waals surface area (Å²) < 4.78 is 0. The van der Waals surface area contributed by atoms with E-state index in [1.165, 1.54) is 22.1 Å². The van der Waals surface area contributed by atoms with E-state index < -0.39 is 0 Å². The molecule has 5 heteroatoms. The number of H-pyrrole nitrogens is 1. The van der Waals surface area contributed by atoms with Gasteiger partial charge in [-0.25, -0.2) is 0 Å². The summed E-state index contributed by atoms with van der Waals surface area (Å²) in [5.74, 6) is -0.186. The van der Waals surface area contributed by atoms with Crippen LogP contribution < -0.4 is 5.32 Å². The number of hydrogen-bond acceptors (Lipinski definition) is 3. The molecule has 0 spiro atoms. The van der Waals surface area contributed by atoms with Gasteiger partial charge in [-0.05, 0) is 42.7 Å². The fraction of sp³-hybridized carbons (Fsp3) is 0.450. The minimum absolute atomic E-state index is 0.00186. The second kappa shape index (κ2) is 6.32. The summed E-state index contributed by atoms with van der Waals surface area (Å²) in [6.45, 7) is 5.58. The third kappa shape index (κ3) is 2.68. The second-order valence-corrected chi connectivity index (χ2v) is 7.17. The van der Waals surface area contributed by atoms with Crippen LogP contribution in [0, 0.1) is 5.92 Å². The van der Waals surface area contributed by atoms with Crippen molar-refractivity contribution in [3.63, 3.8) is 0 Å².